The van der Waals surface area contributed by atoms with Gasteiger partial charge in [-0.25, -0.2) is 4.98 Å². The summed E-state index contributed by atoms with van der Waals surface area (Å²) in [6.45, 7) is 7.51. The Kier molecular flexibility index (Phi) is 9.37. The van der Waals surface area contributed by atoms with Gasteiger partial charge in [0.05, 0.1) is 24.4 Å². The molecule has 9 heteroatoms. The molecule has 1 heterocycles. The van der Waals surface area contributed by atoms with Gasteiger partial charge in [0, 0.05) is 10.9 Å². The summed E-state index contributed by atoms with van der Waals surface area (Å²) in [6.07, 6.45) is 0.118. The molecule has 4 N–H and O–H groups in total. The molecule has 1 aromatic carbocycles. The maximum Gasteiger partial charge on any atom is 0.245 e. The number of nitrogens with zero attached hydrogens (tertiary/aromatic N) is 1. The van der Waals surface area contributed by atoms with Gasteiger partial charge in [-0.05, 0) is 44.0 Å². The van der Waals surface area contributed by atoms with E-state index < -0.39 is 6.04 Å². The van der Waals surface area contributed by atoms with E-state index in [2.05, 4.69) is 15.6 Å². The minimum atomic E-state index is -0.632. The highest BCUT2D eigenvalue weighted by Crippen LogP contribution is 2.26. The molecule has 0 saturated heterocycles. The zero-order valence-electron chi connectivity index (χ0n) is 16.4. The van der Waals surface area contributed by atoms with Gasteiger partial charge in [0.2, 0.25) is 11.8 Å². The lowest BCUT2D eigenvalue weighted by Gasteiger charge is -2.14. The van der Waals surface area contributed by atoms with Crippen LogP contribution in [0.1, 0.15) is 27.7 Å². The van der Waals surface area contributed by atoms with E-state index in [-0.39, 0.29) is 42.8 Å². The van der Waals surface area contributed by atoms with Crippen LogP contribution in [0.2, 0.25) is 0 Å². The van der Waals surface area contributed by atoms with Crippen LogP contribution < -0.4 is 21.1 Å². The topological polar surface area (TPSA) is 106 Å². The van der Waals surface area contributed by atoms with Gasteiger partial charge < -0.3 is 21.1 Å². The van der Waals surface area contributed by atoms with Crippen molar-refractivity contribution in [1.29, 1.82) is 0 Å². The molecule has 0 aliphatic rings. The van der Waals surface area contributed by atoms with Crippen molar-refractivity contribution in [3.8, 4) is 17.0 Å². The van der Waals surface area contributed by atoms with Crippen molar-refractivity contribution < 1.29 is 14.3 Å². The van der Waals surface area contributed by atoms with Crippen LogP contribution in [0.3, 0.4) is 0 Å². The summed E-state index contributed by atoms with van der Waals surface area (Å²) in [6, 6.07) is 6.99. The van der Waals surface area contributed by atoms with Crippen molar-refractivity contribution in [2.75, 3.05) is 11.9 Å². The molecule has 0 fully saturated rings. The highest BCUT2D eigenvalue weighted by atomic mass is 35.5. The Balaban J connectivity index is 0.00000392. The standard InChI is InChI=1S/C19H26N4O3S.ClH/c1-11(2)17(20)18(25)21-9-16(24)23-19-22-15(10-27-19)13-5-7-14(8-6-13)26-12(3)4;/h5-8,10-12,17H,9,20H2,1-4H3,(H,21,25)(H,22,23,24);1H/t17-;/m0./s1. The number of hydrogen-bond acceptors (Lipinski definition) is 6. The number of anilines is 1. The van der Waals surface area contributed by atoms with Gasteiger partial charge in [0.15, 0.2) is 5.13 Å². The van der Waals surface area contributed by atoms with Crippen molar-refractivity contribution in [3.05, 3.63) is 29.6 Å². The van der Waals surface area contributed by atoms with E-state index in [1.54, 1.807) is 0 Å². The third kappa shape index (κ3) is 7.10. The van der Waals surface area contributed by atoms with Crippen LogP contribution in [0.5, 0.6) is 5.75 Å². The molecule has 2 amide bonds. The lowest BCUT2D eigenvalue weighted by Crippen LogP contribution is -2.46. The predicted molar refractivity (Wildman–Crippen MR) is 115 cm³/mol. The molecule has 2 aromatic rings. The molecule has 1 atom stereocenters. The fourth-order valence-corrected chi connectivity index (χ4v) is 2.93. The second-order valence-corrected chi connectivity index (χ2v) is 7.62. The number of aromatic nitrogens is 1. The van der Waals surface area contributed by atoms with Gasteiger partial charge in [-0.15, -0.1) is 23.7 Å². The van der Waals surface area contributed by atoms with Gasteiger partial charge >= 0.3 is 0 Å². The zero-order chi connectivity index (χ0) is 20.0. The van der Waals surface area contributed by atoms with Crippen LogP contribution in [0.25, 0.3) is 11.3 Å². The molecule has 154 valence electrons. The average molecular weight is 427 g/mol. The number of halogens is 1. The largest absolute Gasteiger partial charge is 0.491 e. The number of benzene rings is 1. The smallest absolute Gasteiger partial charge is 0.245 e. The van der Waals surface area contributed by atoms with Crippen LogP contribution in [-0.4, -0.2) is 35.5 Å². The molecule has 0 bridgehead atoms. The Morgan fingerprint density at radius 2 is 1.82 bits per heavy atom. The van der Waals surface area contributed by atoms with Crippen molar-refractivity contribution in [2.24, 2.45) is 11.7 Å². The molecule has 28 heavy (non-hydrogen) atoms. The van der Waals surface area contributed by atoms with Gasteiger partial charge in [-0.3, -0.25) is 9.59 Å². The van der Waals surface area contributed by atoms with E-state index in [4.69, 9.17) is 10.5 Å². The summed E-state index contributed by atoms with van der Waals surface area (Å²) in [5, 5.41) is 7.55. The Bertz CT molecular complexity index is 778. The number of carbonyl (C=O) groups is 2. The number of nitrogens with one attached hydrogen (secondary N) is 2. The number of rotatable bonds is 8. The van der Waals surface area contributed by atoms with Gasteiger partial charge in [0.1, 0.15) is 5.75 Å². The molecule has 2 rings (SSSR count). The summed E-state index contributed by atoms with van der Waals surface area (Å²) in [5.74, 6) is 0.115. The lowest BCUT2D eigenvalue weighted by atomic mass is 10.1. The van der Waals surface area contributed by atoms with E-state index in [0.29, 0.717) is 5.13 Å². The fourth-order valence-electron chi connectivity index (χ4n) is 2.19. The minimum Gasteiger partial charge on any atom is -0.491 e. The highest BCUT2D eigenvalue weighted by molar-refractivity contribution is 7.14. The van der Waals surface area contributed by atoms with Crippen LogP contribution in [-0.2, 0) is 9.59 Å². The van der Waals surface area contributed by atoms with Crippen LogP contribution in [0, 0.1) is 5.92 Å². The van der Waals surface area contributed by atoms with Crippen LogP contribution >= 0.6 is 23.7 Å². The van der Waals surface area contributed by atoms with E-state index >= 15 is 0 Å². The number of nitrogens with two attached hydrogens (primary N) is 1. The fraction of sp³-hybridized carbons (Fsp3) is 0.421. The quantitative estimate of drug-likeness (QED) is 0.601. The number of hydrogen-bond donors (Lipinski definition) is 3. The van der Waals surface area contributed by atoms with Gasteiger partial charge in [-0.2, -0.15) is 0 Å². The Labute approximate surface area is 175 Å². The zero-order valence-corrected chi connectivity index (χ0v) is 18.0. The lowest BCUT2D eigenvalue weighted by molar-refractivity contribution is -0.125. The molecule has 0 radical (unpaired) electrons. The summed E-state index contributed by atoms with van der Waals surface area (Å²) >= 11 is 1.32. The molecule has 0 unspecified atom stereocenters. The molecular formula is C19H27ClN4O3S. The number of amides is 2. The normalized spacial score (nSPS) is 11.7. The SMILES string of the molecule is CC(C)Oc1ccc(-c2csc(NC(=O)CNC(=O)[C@@H](N)C(C)C)n2)cc1.Cl. The van der Waals surface area contributed by atoms with Crippen molar-refractivity contribution in [3.63, 3.8) is 0 Å². The molecular weight excluding hydrogens is 400 g/mol. The second kappa shape index (κ2) is 11.0. The van der Waals surface area contributed by atoms with Crippen molar-refractivity contribution in [1.82, 2.24) is 10.3 Å². The monoisotopic (exact) mass is 426 g/mol. The molecule has 7 nitrogen and oxygen atoms in total. The first-order valence-corrected chi connectivity index (χ1v) is 9.70. The summed E-state index contributed by atoms with van der Waals surface area (Å²) in [7, 11) is 0. The summed E-state index contributed by atoms with van der Waals surface area (Å²) in [4.78, 5) is 28.2. The first kappa shape index (κ1) is 23.9. The van der Waals surface area contributed by atoms with Crippen molar-refractivity contribution >= 4 is 40.7 Å². The van der Waals surface area contributed by atoms with E-state index in [1.165, 1.54) is 11.3 Å². The third-order valence-electron chi connectivity index (χ3n) is 3.72. The molecule has 0 saturated carbocycles. The molecule has 1 aromatic heterocycles. The number of carbonyl (C=O) groups excluding carboxylic acids is 2. The van der Waals surface area contributed by atoms with E-state index in [0.717, 1.165) is 17.0 Å². The van der Waals surface area contributed by atoms with Crippen LogP contribution in [0.15, 0.2) is 29.6 Å². The molecule has 0 aliphatic carbocycles. The Hall–Kier alpha value is -2.16. The Morgan fingerprint density at radius 3 is 2.39 bits per heavy atom. The number of thiazole rings is 1. The maximum atomic E-state index is 12.0. The Morgan fingerprint density at radius 1 is 1.18 bits per heavy atom. The van der Waals surface area contributed by atoms with Gasteiger partial charge in [0.25, 0.3) is 0 Å². The summed E-state index contributed by atoms with van der Waals surface area (Å²) < 4.78 is 5.62. The highest BCUT2D eigenvalue weighted by Gasteiger charge is 2.18. The summed E-state index contributed by atoms with van der Waals surface area (Å²) in [5.41, 5.74) is 7.43. The maximum absolute atomic E-state index is 12.0. The minimum absolute atomic E-state index is 0. The van der Waals surface area contributed by atoms with Gasteiger partial charge in [-0.1, -0.05) is 13.8 Å². The van der Waals surface area contributed by atoms with E-state index in [1.807, 2.05) is 57.3 Å². The average Bonchev–Trinajstić information content (AvgIpc) is 3.07. The molecule has 0 spiro atoms. The molecule has 0 aliphatic heterocycles. The van der Waals surface area contributed by atoms with Crippen LogP contribution in [0.4, 0.5) is 5.13 Å². The number of ether oxygens (including phenoxy) is 1. The first-order valence-electron chi connectivity index (χ1n) is 8.82. The van der Waals surface area contributed by atoms with Crippen molar-refractivity contribution in [2.45, 2.75) is 39.8 Å². The first-order chi connectivity index (χ1) is 12.8. The second-order valence-electron chi connectivity index (χ2n) is 6.76. The van der Waals surface area contributed by atoms with E-state index in [9.17, 15) is 9.59 Å². The third-order valence-corrected chi connectivity index (χ3v) is 4.47. The predicted octanol–water partition coefficient (Wildman–Crippen LogP) is 3.06.